The Bertz CT molecular complexity index is 346. The molecule has 98 valence electrons. The van der Waals surface area contributed by atoms with Gasteiger partial charge in [-0.05, 0) is 0 Å². The minimum atomic E-state index is -3.09. The summed E-state index contributed by atoms with van der Waals surface area (Å²) in [5.74, 6) is -5.39. The highest BCUT2D eigenvalue weighted by Crippen LogP contribution is 2.33. The number of carbonyl (C=O) groups is 3. The molecule has 0 amide bonds. The van der Waals surface area contributed by atoms with Crippen LogP contribution in [-0.2, 0) is 25.5 Å². The average Bonchev–Trinajstić information content (AvgIpc) is 2.13. The monoisotopic (exact) mass is 270 g/mol. The van der Waals surface area contributed by atoms with Gasteiger partial charge >= 0.3 is 17.9 Å². The number of rotatable bonds is 7. The topological polar surface area (TPSA) is 169 Å². The van der Waals surface area contributed by atoms with Crippen LogP contribution in [0.1, 0.15) is 12.8 Å². The molecule has 2 unspecified atom stereocenters. The van der Waals surface area contributed by atoms with Gasteiger partial charge < -0.3 is 25.0 Å². The standard InChI is InChI=1S/C7H10O9S/c8-3(9)1-7(5(12)13,2-4(10)11)6(14)17(15)16/h6,14H,1-2H2,(H,8,9)(H,10,11)(H,12,13)(H,15,16). The van der Waals surface area contributed by atoms with E-state index >= 15 is 0 Å². The van der Waals surface area contributed by atoms with Crippen molar-refractivity contribution >= 4 is 29.0 Å². The van der Waals surface area contributed by atoms with Crippen LogP contribution in [-0.4, -0.2) is 52.5 Å². The number of carboxylic acids is 3. The van der Waals surface area contributed by atoms with E-state index in [4.69, 9.17) is 19.9 Å². The van der Waals surface area contributed by atoms with Crippen LogP contribution < -0.4 is 0 Å². The highest BCUT2D eigenvalue weighted by Gasteiger charge is 2.51. The van der Waals surface area contributed by atoms with Gasteiger partial charge in [-0.1, -0.05) is 0 Å². The van der Waals surface area contributed by atoms with Crippen molar-refractivity contribution in [1.29, 1.82) is 0 Å². The van der Waals surface area contributed by atoms with Crippen molar-refractivity contribution in [1.82, 2.24) is 0 Å². The van der Waals surface area contributed by atoms with Crippen LogP contribution in [0.2, 0.25) is 0 Å². The van der Waals surface area contributed by atoms with Crippen LogP contribution in [0.5, 0.6) is 0 Å². The summed E-state index contributed by atoms with van der Waals surface area (Å²) >= 11 is -3.09. The third-order valence-electron chi connectivity index (χ3n) is 2.02. The normalized spacial score (nSPS) is 14.9. The first-order valence-electron chi connectivity index (χ1n) is 4.08. The molecule has 0 aromatic carbocycles. The fraction of sp³-hybridized carbons (Fsp3) is 0.571. The molecule has 17 heavy (non-hydrogen) atoms. The summed E-state index contributed by atoms with van der Waals surface area (Å²) in [4.78, 5) is 31.9. The Kier molecular flexibility index (Phi) is 5.19. The molecule has 0 spiro atoms. The maximum absolute atomic E-state index is 10.9. The van der Waals surface area contributed by atoms with Crippen LogP contribution in [0.3, 0.4) is 0 Å². The highest BCUT2D eigenvalue weighted by atomic mass is 32.2. The number of aliphatic hydroxyl groups excluding tert-OH is 1. The number of aliphatic carboxylic acids is 3. The van der Waals surface area contributed by atoms with Gasteiger partial charge in [-0.3, -0.25) is 14.4 Å². The molecule has 0 saturated carbocycles. The molecule has 0 saturated heterocycles. The summed E-state index contributed by atoms with van der Waals surface area (Å²) in [7, 11) is 0. The zero-order valence-electron chi connectivity index (χ0n) is 8.27. The Hall–Kier alpha value is -1.52. The minimum absolute atomic E-state index is 1.29. The minimum Gasteiger partial charge on any atom is -0.481 e. The quantitative estimate of drug-likeness (QED) is 0.347. The molecule has 0 bridgehead atoms. The van der Waals surface area contributed by atoms with E-state index in [1.54, 1.807) is 0 Å². The molecule has 0 rings (SSSR count). The van der Waals surface area contributed by atoms with Crippen molar-refractivity contribution in [3.63, 3.8) is 0 Å². The number of aliphatic hydroxyl groups is 1. The van der Waals surface area contributed by atoms with E-state index in [1.165, 1.54) is 0 Å². The zero-order chi connectivity index (χ0) is 13.8. The molecule has 5 N–H and O–H groups in total. The predicted octanol–water partition coefficient (Wildman–Crippen LogP) is -1.45. The van der Waals surface area contributed by atoms with E-state index in [9.17, 15) is 23.7 Å². The number of carboxylic acid groups (broad SMARTS) is 3. The van der Waals surface area contributed by atoms with E-state index in [0.29, 0.717) is 0 Å². The second-order valence-corrected chi connectivity index (χ2v) is 4.23. The SMILES string of the molecule is O=C(O)CC(CC(=O)O)(C(=O)O)C(O)S(=O)O. The maximum Gasteiger partial charge on any atom is 0.314 e. The van der Waals surface area contributed by atoms with Gasteiger partial charge in [0.05, 0.1) is 12.8 Å². The van der Waals surface area contributed by atoms with Crippen molar-refractivity contribution in [3.05, 3.63) is 0 Å². The first kappa shape index (κ1) is 15.5. The van der Waals surface area contributed by atoms with Crippen LogP contribution in [0.15, 0.2) is 0 Å². The summed E-state index contributed by atoms with van der Waals surface area (Å²) in [6, 6.07) is 0. The predicted molar refractivity (Wildman–Crippen MR) is 51.4 cm³/mol. The molecule has 0 aromatic rings. The molecular formula is C7H10O9S. The van der Waals surface area contributed by atoms with E-state index < -0.39 is 52.7 Å². The molecule has 2 atom stereocenters. The fourth-order valence-electron chi connectivity index (χ4n) is 1.23. The van der Waals surface area contributed by atoms with Crippen molar-refractivity contribution < 1.29 is 43.6 Å². The van der Waals surface area contributed by atoms with Crippen LogP contribution >= 0.6 is 0 Å². The zero-order valence-corrected chi connectivity index (χ0v) is 9.09. The molecule has 0 aliphatic rings. The third kappa shape index (κ3) is 3.76. The first-order valence-corrected chi connectivity index (χ1v) is 5.25. The molecule has 0 heterocycles. The lowest BCUT2D eigenvalue weighted by atomic mass is 9.81. The molecule has 0 aliphatic carbocycles. The van der Waals surface area contributed by atoms with Gasteiger partial charge in [-0.15, -0.1) is 0 Å². The van der Waals surface area contributed by atoms with Gasteiger partial charge in [0.2, 0.25) is 0 Å². The average molecular weight is 270 g/mol. The number of hydrogen-bond donors (Lipinski definition) is 5. The first-order chi connectivity index (χ1) is 7.63. The van der Waals surface area contributed by atoms with E-state index in [0.717, 1.165) is 0 Å². The molecular weight excluding hydrogens is 260 g/mol. The van der Waals surface area contributed by atoms with Crippen molar-refractivity contribution in [3.8, 4) is 0 Å². The summed E-state index contributed by atoms with van der Waals surface area (Å²) in [6.07, 6.45) is -2.58. The third-order valence-corrected chi connectivity index (χ3v) is 2.86. The van der Waals surface area contributed by atoms with Gasteiger partial charge in [0, 0.05) is 0 Å². The largest absolute Gasteiger partial charge is 0.481 e. The molecule has 9 nitrogen and oxygen atoms in total. The summed E-state index contributed by atoms with van der Waals surface area (Å²) < 4.78 is 19.2. The van der Waals surface area contributed by atoms with Crippen LogP contribution in [0.25, 0.3) is 0 Å². The van der Waals surface area contributed by atoms with Crippen molar-refractivity contribution in [2.24, 2.45) is 5.41 Å². The smallest absolute Gasteiger partial charge is 0.314 e. The number of hydrogen-bond acceptors (Lipinski definition) is 5. The molecule has 0 fully saturated rings. The van der Waals surface area contributed by atoms with Gasteiger partial charge in [0.15, 0.2) is 16.5 Å². The van der Waals surface area contributed by atoms with E-state index in [1.807, 2.05) is 0 Å². The van der Waals surface area contributed by atoms with Crippen LogP contribution in [0, 0.1) is 5.41 Å². The Morgan fingerprint density at radius 1 is 1.06 bits per heavy atom. The lowest BCUT2D eigenvalue weighted by Gasteiger charge is -2.28. The molecule has 0 radical (unpaired) electrons. The van der Waals surface area contributed by atoms with Gasteiger partial charge in [0.1, 0.15) is 5.41 Å². The second-order valence-electron chi connectivity index (χ2n) is 3.23. The highest BCUT2D eigenvalue weighted by molar-refractivity contribution is 7.79. The lowest BCUT2D eigenvalue weighted by Crippen LogP contribution is -2.47. The summed E-state index contributed by atoms with van der Waals surface area (Å²) in [6.45, 7) is 0. The summed E-state index contributed by atoms with van der Waals surface area (Å²) in [5.41, 5.74) is -5.27. The van der Waals surface area contributed by atoms with Crippen molar-refractivity contribution in [2.75, 3.05) is 0 Å². The van der Waals surface area contributed by atoms with E-state index in [2.05, 4.69) is 0 Å². The lowest BCUT2D eigenvalue weighted by molar-refractivity contribution is -0.165. The van der Waals surface area contributed by atoms with Crippen LogP contribution in [0.4, 0.5) is 0 Å². The van der Waals surface area contributed by atoms with E-state index in [-0.39, 0.29) is 0 Å². The Morgan fingerprint density at radius 2 is 1.41 bits per heavy atom. The summed E-state index contributed by atoms with van der Waals surface area (Å²) in [5, 5.41) is 35.0. The Balaban J connectivity index is 5.53. The fourth-order valence-corrected chi connectivity index (χ4v) is 1.88. The molecule has 10 heteroatoms. The second kappa shape index (κ2) is 5.70. The molecule has 0 aliphatic heterocycles. The Morgan fingerprint density at radius 3 is 1.59 bits per heavy atom. The van der Waals surface area contributed by atoms with Gasteiger partial charge in [0.25, 0.3) is 0 Å². The maximum atomic E-state index is 10.9. The Labute approximate surface area is 97.0 Å². The molecule has 0 aromatic heterocycles. The van der Waals surface area contributed by atoms with Crippen molar-refractivity contribution in [2.45, 2.75) is 18.3 Å². The van der Waals surface area contributed by atoms with Gasteiger partial charge in [-0.2, -0.15) is 0 Å². The van der Waals surface area contributed by atoms with Gasteiger partial charge in [-0.25, -0.2) is 4.21 Å².